The Labute approximate surface area is 187 Å². The van der Waals surface area contributed by atoms with Crippen LogP contribution in [-0.2, 0) is 6.42 Å². The molecule has 32 heavy (non-hydrogen) atoms. The molecule has 4 rings (SSSR count). The number of aryl methyl sites for hydroxylation is 2. The smallest absolute Gasteiger partial charge is 0.254 e. The highest BCUT2D eigenvalue weighted by Crippen LogP contribution is 2.26. The van der Waals surface area contributed by atoms with Crippen LogP contribution >= 0.6 is 0 Å². The van der Waals surface area contributed by atoms with E-state index in [0.29, 0.717) is 49.7 Å². The lowest BCUT2D eigenvalue weighted by molar-refractivity contribution is 0.0746. The van der Waals surface area contributed by atoms with E-state index in [4.69, 9.17) is 9.72 Å². The summed E-state index contributed by atoms with van der Waals surface area (Å²) < 4.78 is 19.0. The molecule has 0 aliphatic carbocycles. The number of hydrogen-bond acceptors (Lipinski definition) is 5. The van der Waals surface area contributed by atoms with E-state index >= 15 is 0 Å². The predicted octanol–water partition coefficient (Wildman–Crippen LogP) is 3.79. The van der Waals surface area contributed by atoms with E-state index in [1.807, 2.05) is 43.0 Å². The number of hydrogen-bond donors (Lipinski definition) is 0. The maximum absolute atomic E-state index is 13.7. The van der Waals surface area contributed by atoms with Gasteiger partial charge in [0.15, 0.2) is 0 Å². The molecule has 2 heterocycles. The lowest BCUT2D eigenvalue weighted by atomic mass is 10.0. The van der Waals surface area contributed by atoms with Crippen molar-refractivity contribution in [1.82, 2.24) is 14.9 Å². The third-order valence-electron chi connectivity index (χ3n) is 5.76. The first-order valence-electron chi connectivity index (χ1n) is 10.7. The van der Waals surface area contributed by atoms with Crippen molar-refractivity contribution in [2.24, 2.45) is 0 Å². The first-order chi connectivity index (χ1) is 15.4. The maximum atomic E-state index is 13.7. The molecule has 0 radical (unpaired) electrons. The average molecular weight is 435 g/mol. The molecular formula is C25H27FN4O2. The molecule has 1 saturated heterocycles. The van der Waals surface area contributed by atoms with E-state index in [2.05, 4.69) is 9.88 Å². The van der Waals surface area contributed by atoms with Gasteiger partial charge < -0.3 is 14.5 Å². The van der Waals surface area contributed by atoms with Gasteiger partial charge in [0, 0.05) is 49.4 Å². The molecule has 0 N–H and O–H groups in total. The van der Waals surface area contributed by atoms with Gasteiger partial charge in [0.05, 0.1) is 7.11 Å². The minimum atomic E-state index is -0.251. The van der Waals surface area contributed by atoms with E-state index in [-0.39, 0.29) is 11.7 Å². The molecule has 3 aromatic rings. The number of ether oxygens (including phenoxy) is 1. The lowest BCUT2D eigenvalue weighted by Crippen LogP contribution is -2.49. The van der Waals surface area contributed by atoms with Crippen LogP contribution in [0.15, 0.2) is 48.5 Å². The number of anilines is 1. The maximum Gasteiger partial charge on any atom is 0.254 e. The molecule has 1 aliphatic rings. The number of halogens is 1. The van der Waals surface area contributed by atoms with Crippen molar-refractivity contribution in [2.75, 3.05) is 38.2 Å². The van der Waals surface area contributed by atoms with E-state index in [1.165, 1.54) is 6.07 Å². The zero-order chi connectivity index (χ0) is 22.7. The number of benzene rings is 2. The monoisotopic (exact) mass is 434 g/mol. The summed E-state index contributed by atoms with van der Waals surface area (Å²) in [5.74, 6) is 1.99. The molecular weight excluding hydrogens is 407 g/mol. The zero-order valence-electron chi connectivity index (χ0n) is 18.6. The van der Waals surface area contributed by atoms with Crippen molar-refractivity contribution in [1.29, 1.82) is 0 Å². The molecule has 0 unspecified atom stereocenters. The summed E-state index contributed by atoms with van der Waals surface area (Å²) in [6.07, 6.45) is 0.558. The van der Waals surface area contributed by atoms with Crippen molar-refractivity contribution in [2.45, 2.75) is 20.3 Å². The number of aromatic nitrogens is 2. The van der Waals surface area contributed by atoms with Gasteiger partial charge in [-0.15, -0.1) is 0 Å². The molecule has 1 aliphatic heterocycles. The number of piperazine rings is 1. The van der Waals surface area contributed by atoms with Gasteiger partial charge in [-0.3, -0.25) is 4.79 Å². The van der Waals surface area contributed by atoms with Gasteiger partial charge in [-0.2, -0.15) is 0 Å². The molecule has 1 fully saturated rings. The highest BCUT2D eigenvalue weighted by molar-refractivity contribution is 5.94. The molecule has 7 heteroatoms. The third kappa shape index (κ3) is 4.72. The standard InChI is InChI=1S/C25H27FN4O2/c1-17-23(15-19-6-4-8-21(26)14-19)24(28-18(2)27-17)29-10-12-30(13-11-29)25(31)20-7-5-9-22(16-20)32-3/h4-9,14,16H,10-13,15H2,1-3H3. The minimum absolute atomic E-state index is 0.00131. The quantitative estimate of drug-likeness (QED) is 0.612. The summed E-state index contributed by atoms with van der Waals surface area (Å²) in [7, 11) is 1.59. The van der Waals surface area contributed by atoms with Crippen molar-refractivity contribution in [3.8, 4) is 5.75 Å². The van der Waals surface area contributed by atoms with E-state index in [9.17, 15) is 9.18 Å². The highest BCUT2D eigenvalue weighted by Gasteiger charge is 2.25. The second kappa shape index (κ2) is 9.34. The lowest BCUT2D eigenvalue weighted by Gasteiger charge is -2.36. The SMILES string of the molecule is COc1cccc(C(=O)N2CCN(c3nc(C)nc(C)c3Cc3cccc(F)c3)CC2)c1. The fourth-order valence-corrected chi connectivity index (χ4v) is 4.10. The second-order valence-electron chi connectivity index (χ2n) is 7.98. The van der Waals surface area contributed by atoms with Crippen LogP contribution in [0.25, 0.3) is 0 Å². The van der Waals surface area contributed by atoms with Crippen molar-refractivity contribution >= 4 is 11.7 Å². The minimum Gasteiger partial charge on any atom is -0.497 e. The normalized spacial score (nSPS) is 13.9. The van der Waals surface area contributed by atoms with E-state index in [1.54, 1.807) is 25.3 Å². The molecule has 166 valence electrons. The molecule has 2 aromatic carbocycles. The third-order valence-corrected chi connectivity index (χ3v) is 5.76. The van der Waals surface area contributed by atoms with Crippen LogP contribution in [0.4, 0.5) is 10.2 Å². The summed E-state index contributed by atoms with van der Waals surface area (Å²) in [6, 6.07) is 13.9. The second-order valence-corrected chi connectivity index (χ2v) is 7.98. The summed E-state index contributed by atoms with van der Waals surface area (Å²) in [5.41, 5.74) is 3.40. The van der Waals surface area contributed by atoms with Gasteiger partial charge in [0.1, 0.15) is 23.2 Å². The number of nitrogens with zero attached hydrogens (tertiary/aromatic N) is 4. The number of amides is 1. The molecule has 0 atom stereocenters. The summed E-state index contributed by atoms with van der Waals surface area (Å²) in [4.78, 5) is 26.3. The Balaban J connectivity index is 1.52. The van der Waals surface area contributed by atoms with Crippen molar-refractivity contribution in [3.63, 3.8) is 0 Å². The number of carbonyl (C=O) groups excluding carboxylic acids is 1. The molecule has 0 bridgehead atoms. The zero-order valence-corrected chi connectivity index (χ0v) is 18.6. The Morgan fingerprint density at radius 2 is 1.78 bits per heavy atom. The number of rotatable bonds is 5. The molecule has 0 spiro atoms. The molecule has 6 nitrogen and oxygen atoms in total. The van der Waals surface area contributed by atoms with Gasteiger partial charge in [0.2, 0.25) is 0 Å². The van der Waals surface area contributed by atoms with Crippen LogP contribution in [-0.4, -0.2) is 54.1 Å². The molecule has 1 amide bonds. The first-order valence-corrected chi connectivity index (χ1v) is 10.7. The Morgan fingerprint density at radius 1 is 1.03 bits per heavy atom. The van der Waals surface area contributed by atoms with Gasteiger partial charge in [-0.25, -0.2) is 14.4 Å². The van der Waals surface area contributed by atoms with Crippen molar-refractivity contribution in [3.05, 3.63) is 82.6 Å². The van der Waals surface area contributed by atoms with E-state index < -0.39 is 0 Å². The van der Waals surface area contributed by atoms with Crippen LogP contribution in [0.2, 0.25) is 0 Å². The first kappa shape index (κ1) is 21.7. The average Bonchev–Trinajstić information content (AvgIpc) is 2.80. The van der Waals surface area contributed by atoms with Crippen LogP contribution in [0.3, 0.4) is 0 Å². The fraction of sp³-hybridized carbons (Fsp3) is 0.320. The largest absolute Gasteiger partial charge is 0.497 e. The van der Waals surface area contributed by atoms with Gasteiger partial charge >= 0.3 is 0 Å². The van der Waals surface area contributed by atoms with Gasteiger partial charge in [0.25, 0.3) is 5.91 Å². The topological polar surface area (TPSA) is 58.6 Å². The highest BCUT2D eigenvalue weighted by atomic mass is 19.1. The predicted molar refractivity (Wildman–Crippen MR) is 122 cm³/mol. The van der Waals surface area contributed by atoms with Crippen LogP contribution in [0, 0.1) is 19.7 Å². The molecule has 0 saturated carbocycles. The fourth-order valence-electron chi connectivity index (χ4n) is 4.10. The number of methoxy groups -OCH3 is 1. The number of carbonyl (C=O) groups is 1. The molecule has 1 aromatic heterocycles. The van der Waals surface area contributed by atoms with Gasteiger partial charge in [-0.05, 0) is 49.7 Å². The Kier molecular flexibility index (Phi) is 6.35. The van der Waals surface area contributed by atoms with Crippen LogP contribution in [0.5, 0.6) is 5.75 Å². The van der Waals surface area contributed by atoms with Crippen molar-refractivity contribution < 1.29 is 13.9 Å². The summed E-state index contributed by atoms with van der Waals surface area (Å²) >= 11 is 0. The van der Waals surface area contributed by atoms with Crippen LogP contribution < -0.4 is 9.64 Å². The van der Waals surface area contributed by atoms with Gasteiger partial charge in [-0.1, -0.05) is 18.2 Å². The summed E-state index contributed by atoms with van der Waals surface area (Å²) in [6.45, 7) is 6.37. The Hall–Kier alpha value is -3.48. The Morgan fingerprint density at radius 3 is 2.50 bits per heavy atom. The van der Waals surface area contributed by atoms with Crippen LogP contribution in [0.1, 0.15) is 33.0 Å². The van der Waals surface area contributed by atoms with E-state index in [0.717, 1.165) is 22.6 Å². The summed E-state index contributed by atoms with van der Waals surface area (Å²) in [5, 5.41) is 0. The Bertz CT molecular complexity index is 1130.